The van der Waals surface area contributed by atoms with Gasteiger partial charge in [0.1, 0.15) is 0 Å². The van der Waals surface area contributed by atoms with Crippen LogP contribution in [0.25, 0.3) is 0 Å². The first-order chi connectivity index (χ1) is 10.0. The van der Waals surface area contributed by atoms with Gasteiger partial charge in [-0.15, -0.1) is 0 Å². The highest BCUT2D eigenvalue weighted by Crippen LogP contribution is 2.25. The van der Waals surface area contributed by atoms with E-state index in [-0.39, 0.29) is 0 Å². The maximum absolute atomic E-state index is 12.3. The van der Waals surface area contributed by atoms with E-state index in [1.807, 2.05) is 12.1 Å². The summed E-state index contributed by atoms with van der Waals surface area (Å²) >= 11 is 0.606. The molecular weight excluding hydrogens is 290 g/mol. The van der Waals surface area contributed by atoms with Crippen LogP contribution >= 0.6 is 11.8 Å². The predicted octanol–water partition coefficient (Wildman–Crippen LogP) is 3.77. The fraction of sp³-hybridized carbons (Fsp3) is 0.625. The molecule has 2 nitrogen and oxygen atoms in total. The zero-order valence-electron chi connectivity index (χ0n) is 12.8. The van der Waals surface area contributed by atoms with Crippen molar-refractivity contribution in [1.82, 2.24) is 9.80 Å². The minimum Gasteiger partial charge on any atom is -0.301 e. The van der Waals surface area contributed by atoms with Gasteiger partial charge in [-0.25, -0.2) is 0 Å². The Morgan fingerprint density at radius 2 is 1.57 bits per heavy atom. The lowest BCUT2D eigenvalue weighted by atomic mass is 10.1. The average Bonchev–Trinajstić information content (AvgIpc) is 2.42. The quantitative estimate of drug-likeness (QED) is 0.738. The Kier molecular flexibility index (Phi) is 6.45. The van der Waals surface area contributed by atoms with Gasteiger partial charge in [-0.1, -0.05) is 37.7 Å². The lowest BCUT2D eigenvalue weighted by molar-refractivity contribution is 0.117. The highest BCUT2D eigenvalue weighted by atomic mass is 32.2. The molecule has 0 spiro atoms. The zero-order valence-corrected chi connectivity index (χ0v) is 13.6. The van der Waals surface area contributed by atoms with Crippen LogP contribution in [0.2, 0.25) is 0 Å². The van der Waals surface area contributed by atoms with Crippen LogP contribution in [0.3, 0.4) is 0 Å². The first-order valence-corrected chi connectivity index (χ1v) is 8.39. The number of piperazine rings is 1. The monoisotopic (exact) mass is 314 g/mol. The van der Waals surface area contributed by atoms with Crippen LogP contribution in [0.5, 0.6) is 0 Å². The number of nitrogens with zero attached hydrogens (tertiary/aromatic N) is 2. The second kappa shape index (κ2) is 8.11. The third-order valence-corrected chi connectivity index (χ3v) is 4.37. The van der Waals surface area contributed by atoms with Gasteiger partial charge in [0.15, 0.2) is 0 Å². The normalized spacial score (nSPS) is 17.8. The molecule has 21 heavy (non-hydrogen) atoms. The molecular formula is C16H24F2N2S. The number of halogens is 2. The van der Waals surface area contributed by atoms with Crippen molar-refractivity contribution in [2.24, 2.45) is 5.92 Å². The van der Waals surface area contributed by atoms with Crippen molar-refractivity contribution >= 4 is 11.8 Å². The molecule has 0 atom stereocenters. The van der Waals surface area contributed by atoms with Crippen molar-refractivity contribution < 1.29 is 8.78 Å². The molecule has 0 unspecified atom stereocenters. The number of alkyl halides is 2. The lowest BCUT2D eigenvalue weighted by Crippen LogP contribution is -2.46. The van der Waals surface area contributed by atoms with E-state index < -0.39 is 5.76 Å². The molecule has 1 fully saturated rings. The summed E-state index contributed by atoms with van der Waals surface area (Å²) in [6.45, 7) is 11.0. The molecule has 1 aromatic carbocycles. The second-order valence-corrected chi connectivity index (χ2v) is 7.06. The van der Waals surface area contributed by atoms with Gasteiger partial charge in [-0.2, -0.15) is 8.78 Å². The van der Waals surface area contributed by atoms with Crippen LogP contribution in [0, 0.1) is 5.92 Å². The van der Waals surface area contributed by atoms with Gasteiger partial charge in [0, 0.05) is 44.2 Å². The Bertz CT molecular complexity index is 415. The van der Waals surface area contributed by atoms with Crippen LogP contribution in [-0.2, 0) is 6.54 Å². The van der Waals surface area contributed by atoms with E-state index in [2.05, 4.69) is 23.6 Å². The van der Waals surface area contributed by atoms with Crippen LogP contribution in [0.4, 0.5) is 8.78 Å². The van der Waals surface area contributed by atoms with E-state index in [0.29, 0.717) is 16.7 Å². The van der Waals surface area contributed by atoms with E-state index in [9.17, 15) is 8.78 Å². The number of thioether (sulfide) groups is 1. The van der Waals surface area contributed by atoms with E-state index in [1.165, 1.54) is 12.1 Å². The Morgan fingerprint density at radius 3 is 2.10 bits per heavy atom. The summed E-state index contributed by atoms with van der Waals surface area (Å²) in [6, 6.07) is 7.51. The summed E-state index contributed by atoms with van der Waals surface area (Å²) in [5, 5.41) is 0. The molecule has 1 aliphatic heterocycles. The molecule has 0 bridgehead atoms. The van der Waals surface area contributed by atoms with E-state index in [0.717, 1.165) is 38.6 Å². The van der Waals surface area contributed by atoms with Gasteiger partial charge in [0.25, 0.3) is 5.76 Å². The molecule has 0 amide bonds. The molecule has 0 radical (unpaired) electrons. The highest BCUT2D eigenvalue weighted by molar-refractivity contribution is 7.99. The third kappa shape index (κ3) is 5.93. The van der Waals surface area contributed by atoms with Crippen LogP contribution in [-0.4, -0.2) is 48.3 Å². The molecule has 1 aromatic rings. The smallest absolute Gasteiger partial charge is 0.288 e. The number of benzene rings is 1. The molecule has 0 N–H and O–H groups in total. The Labute approximate surface area is 130 Å². The van der Waals surface area contributed by atoms with E-state index >= 15 is 0 Å². The fourth-order valence-electron chi connectivity index (χ4n) is 2.68. The molecule has 0 saturated carbocycles. The number of hydrogen-bond donors (Lipinski definition) is 0. The van der Waals surface area contributed by atoms with Gasteiger partial charge in [0.05, 0.1) is 0 Å². The molecule has 118 valence electrons. The number of rotatable bonds is 6. The van der Waals surface area contributed by atoms with Crippen LogP contribution in [0.1, 0.15) is 19.4 Å². The lowest BCUT2D eigenvalue weighted by Gasteiger charge is -2.35. The predicted molar refractivity (Wildman–Crippen MR) is 84.9 cm³/mol. The van der Waals surface area contributed by atoms with Gasteiger partial charge in [-0.3, -0.25) is 4.90 Å². The first-order valence-electron chi connectivity index (χ1n) is 7.51. The minimum atomic E-state index is -2.34. The van der Waals surface area contributed by atoms with Crippen molar-refractivity contribution in [1.29, 1.82) is 0 Å². The summed E-state index contributed by atoms with van der Waals surface area (Å²) in [4.78, 5) is 5.59. The number of hydrogen-bond acceptors (Lipinski definition) is 3. The topological polar surface area (TPSA) is 6.48 Å². The van der Waals surface area contributed by atoms with Gasteiger partial charge < -0.3 is 4.90 Å². The van der Waals surface area contributed by atoms with Crippen molar-refractivity contribution in [3.8, 4) is 0 Å². The van der Waals surface area contributed by atoms with Crippen LogP contribution in [0.15, 0.2) is 29.2 Å². The van der Waals surface area contributed by atoms with Gasteiger partial charge >= 0.3 is 0 Å². The van der Waals surface area contributed by atoms with E-state index in [4.69, 9.17) is 0 Å². The Balaban J connectivity index is 1.78. The molecule has 1 aliphatic rings. The summed E-state index contributed by atoms with van der Waals surface area (Å²) in [6.07, 6.45) is 0. The Hall–Kier alpha value is -0.650. The summed E-state index contributed by atoms with van der Waals surface area (Å²) < 4.78 is 24.5. The summed E-state index contributed by atoms with van der Waals surface area (Å²) in [5.74, 6) is -1.62. The average molecular weight is 314 g/mol. The molecule has 1 heterocycles. The Morgan fingerprint density at radius 1 is 1.00 bits per heavy atom. The second-order valence-electron chi connectivity index (χ2n) is 5.99. The van der Waals surface area contributed by atoms with Crippen molar-refractivity contribution in [2.75, 3.05) is 32.7 Å². The van der Waals surface area contributed by atoms with Crippen LogP contribution < -0.4 is 0 Å². The molecule has 0 aromatic heterocycles. The zero-order chi connectivity index (χ0) is 15.2. The highest BCUT2D eigenvalue weighted by Gasteiger charge is 2.17. The van der Waals surface area contributed by atoms with Gasteiger partial charge in [-0.05, 0) is 23.6 Å². The van der Waals surface area contributed by atoms with Crippen molar-refractivity contribution in [3.05, 3.63) is 29.8 Å². The molecule has 1 saturated heterocycles. The minimum absolute atomic E-state index is 0.606. The maximum atomic E-state index is 12.3. The standard InChI is InChI=1S/C16H24F2N2S/c1-13(2)11-19-7-9-20(10-8-19)12-14-3-5-15(6-4-14)21-16(17)18/h3-6,13,16H,7-12H2,1-2H3. The van der Waals surface area contributed by atoms with Crippen molar-refractivity contribution in [3.63, 3.8) is 0 Å². The SMILES string of the molecule is CC(C)CN1CCN(Cc2ccc(SC(F)F)cc2)CC1. The third-order valence-electron chi connectivity index (χ3n) is 3.64. The van der Waals surface area contributed by atoms with E-state index in [1.54, 1.807) is 12.1 Å². The first kappa shape index (κ1) is 16.7. The molecule has 2 rings (SSSR count). The van der Waals surface area contributed by atoms with Crippen molar-refractivity contribution in [2.45, 2.75) is 31.0 Å². The van der Waals surface area contributed by atoms with Gasteiger partial charge in [0.2, 0.25) is 0 Å². The summed E-state index contributed by atoms with van der Waals surface area (Å²) in [5.41, 5.74) is 1.20. The molecule has 0 aliphatic carbocycles. The fourth-order valence-corrected chi connectivity index (χ4v) is 3.18. The summed E-state index contributed by atoms with van der Waals surface area (Å²) in [7, 11) is 0. The molecule has 5 heteroatoms. The maximum Gasteiger partial charge on any atom is 0.288 e. The largest absolute Gasteiger partial charge is 0.301 e.